The van der Waals surface area contributed by atoms with Gasteiger partial charge in [0.15, 0.2) is 4.80 Å². The van der Waals surface area contributed by atoms with Crippen LogP contribution in [0.5, 0.6) is 0 Å². The normalized spacial score (nSPS) is 12.1. The molecule has 0 spiro atoms. The van der Waals surface area contributed by atoms with Crippen molar-refractivity contribution in [2.75, 3.05) is 19.6 Å². The summed E-state index contributed by atoms with van der Waals surface area (Å²) in [4.78, 5) is 12.3. The van der Waals surface area contributed by atoms with E-state index in [9.17, 15) is 0 Å². The van der Waals surface area contributed by atoms with E-state index in [1.165, 1.54) is 0 Å². The number of aromatic nitrogens is 2. The molecule has 1 aromatic carbocycles. The average Bonchev–Trinajstić information content (AvgIpc) is 3.10. The van der Waals surface area contributed by atoms with Crippen molar-refractivity contribution in [3.05, 3.63) is 63.0 Å². The van der Waals surface area contributed by atoms with Gasteiger partial charge in [0.05, 0.1) is 22.6 Å². The Hall–Kier alpha value is -1.66. The van der Waals surface area contributed by atoms with Gasteiger partial charge in [-0.25, -0.2) is 4.99 Å². The van der Waals surface area contributed by atoms with Crippen LogP contribution >= 0.6 is 34.5 Å². The van der Waals surface area contributed by atoms with E-state index in [4.69, 9.17) is 28.2 Å². The van der Waals surface area contributed by atoms with Crippen LogP contribution in [0, 0.1) is 0 Å². The van der Waals surface area contributed by atoms with Crippen LogP contribution in [0.2, 0.25) is 10.0 Å². The van der Waals surface area contributed by atoms with Crippen molar-refractivity contribution in [2.45, 2.75) is 26.8 Å². The Balaban J connectivity index is 2.00. The fourth-order valence-corrected chi connectivity index (χ4v) is 4.40. The maximum Gasteiger partial charge on any atom is 0.190 e. The summed E-state index contributed by atoms with van der Waals surface area (Å²) in [5.74, 6) is 0. The van der Waals surface area contributed by atoms with Crippen molar-refractivity contribution >= 4 is 40.2 Å². The Morgan fingerprint density at radius 3 is 2.71 bits per heavy atom. The van der Waals surface area contributed by atoms with Gasteiger partial charge in [-0.05, 0) is 56.4 Å². The summed E-state index contributed by atoms with van der Waals surface area (Å²) in [7, 11) is 0. The van der Waals surface area contributed by atoms with Gasteiger partial charge in [-0.15, -0.1) is 11.3 Å². The van der Waals surface area contributed by atoms with Gasteiger partial charge in [0, 0.05) is 28.7 Å². The summed E-state index contributed by atoms with van der Waals surface area (Å²) in [6, 6.07) is 9.42. The number of hydrogen-bond donors (Lipinski definition) is 0. The molecule has 2 heterocycles. The van der Waals surface area contributed by atoms with Crippen molar-refractivity contribution in [2.24, 2.45) is 4.99 Å². The summed E-state index contributed by atoms with van der Waals surface area (Å²) in [5, 5.41) is 3.46. The molecular formula is C21H24Cl2N4S. The fraction of sp³-hybridized carbons (Fsp3) is 0.333. The quantitative estimate of drug-likeness (QED) is 0.443. The number of benzene rings is 1. The first kappa shape index (κ1) is 21.1. The Morgan fingerprint density at radius 2 is 2.00 bits per heavy atom. The lowest BCUT2D eigenvalue weighted by Crippen LogP contribution is -2.26. The van der Waals surface area contributed by atoms with Crippen molar-refractivity contribution in [3.8, 4) is 11.3 Å². The summed E-state index contributed by atoms with van der Waals surface area (Å²) in [6.07, 6.45) is 4.55. The number of rotatable bonds is 8. The first-order valence-corrected chi connectivity index (χ1v) is 11.1. The highest BCUT2D eigenvalue weighted by molar-refractivity contribution is 7.07. The van der Waals surface area contributed by atoms with E-state index in [-0.39, 0.29) is 0 Å². The molecule has 28 heavy (non-hydrogen) atoms. The van der Waals surface area contributed by atoms with E-state index in [2.05, 4.69) is 33.7 Å². The molecule has 148 valence electrons. The van der Waals surface area contributed by atoms with E-state index in [0.717, 1.165) is 54.3 Å². The molecule has 0 aliphatic heterocycles. The van der Waals surface area contributed by atoms with Gasteiger partial charge < -0.3 is 9.47 Å². The average molecular weight is 435 g/mol. The van der Waals surface area contributed by atoms with Crippen LogP contribution < -0.4 is 4.80 Å². The summed E-state index contributed by atoms with van der Waals surface area (Å²) >= 11 is 14.3. The zero-order valence-corrected chi connectivity index (χ0v) is 18.4. The lowest BCUT2D eigenvalue weighted by molar-refractivity contribution is 0.293. The first-order chi connectivity index (χ1) is 13.6. The third-order valence-electron chi connectivity index (χ3n) is 4.62. The Bertz CT molecular complexity index is 962. The second kappa shape index (κ2) is 10.2. The molecule has 7 heteroatoms. The molecule has 4 nitrogen and oxygen atoms in total. The molecule has 0 radical (unpaired) electrons. The number of halogens is 2. The van der Waals surface area contributed by atoms with E-state index < -0.39 is 0 Å². The monoisotopic (exact) mass is 434 g/mol. The fourth-order valence-electron chi connectivity index (χ4n) is 3.07. The number of nitrogens with zero attached hydrogens (tertiary/aromatic N) is 4. The summed E-state index contributed by atoms with van der Waals surface area (Å²) < 4.78 is 2.23. The topological polar surface area (TPSA) is 33.4 Å². The molecule has 0 saturated carbocycles. The molecule has 0 N–H and O–H groups in total. The molecule has 0 saturated heterocycles. The van der Waals surface area contributed by atoms with Gasteiger partial charge in [-0.3, -0.25) is 4.98 Å². The van der Waals surface area contributed by atoms with Gasteiger partial charge >= 0.3 is 0 Å². The van der Waals surface area contributed by atoms with Crippen LogP contribution in [-0.4, -0.2) is 34.1 Å². The largest absolute Gasteiger partial charge is 0.316 e. The van der Waals surface area contributed by atoms with Crippen molar-refractivity contribution in [1.29, 1.82) is 0 Å². The molecular weight excluding hydrogens is 411 g/mol. The van der Waals surface area contributed by atoms with E-state index in [1.54, 1.807) is 23.7 Å². The molecule has 0 fully saturated rings. The maximum absolute atomic E-state index is 6.49. The predicted octanol–water partition coefficient (Wildman–Crippen LogP) is 5.88. The molecule has 0 bridgehead atoms. The minimum absolute atomic E-state index is 0.672. The van der Waals surface area contributed by atoms with Crippen molar-refractivity contribution in [3.63, 3.8) is 0 Å². The smallest absolute Gasteiger partial charge is 0.190 e. The van der Waals surface area contributed by atoms with Gasteiger partial charge in [-0.1, -0.05) is 37.0 Å². The number of pyridine rings is 1. The highest BCUT2D eigenvalue weighted by atomic mass is 35.5. The predicted molar refractivity (Wildman–Crippen MR) is 120 cm³/mol. The maximum atomic E-state index is 6.49. The molecule has 0 aliphatic carbocycles. The SMILES string of the molecule is CCN(CC)CCCn1c(-c2cc(Cl)ccc2Cl)csc1=Nc1cccnc1. The Morgan fingerprint density at radius 1 is 1.18 bits per heavy atom. The number of hydrogen-bond acceptors (Lipinski definition) is 4. The minimum Gasteiger partial charge on any atom is -0.316 e. The van der Waals surface area contributed by atoms with Crippen LogP contribution in [0.25, 0.3) is 11.3 Å². The lowest BCUT2D eigenvalue weighted by atomic mass is 10.1. The van der Waals surface area contributed by atoms with E-state index in [0.29, 0.717) is 10.0 Å². The Kier molecular flexibility index (Phi) is 7.68. The van der Waals surface area contributed by atoms with Gasteiger partial charge in [0.2, 0.25) is 0 Å². The van der Waals surface area contributed by atoms with Crippen LogP contribution in [0.4, 0.5) is 5.69 Å². The van der Waals surface area contributed by atoms with Gasteiger partial charge in [0.1, 0.15) is 0 Å². The molecule has 0 aliphatic rings. The van der Waals surface area contributed by atoms with E-state index >= 15 is 0 Å². The lowest BCUT2D eigenvalue weighted by Gasteiger charge is -2.18. The van der Waals surface area contributed by atoms with Crippen LogP contribution in [0.3, 0.4) is 0 Å². The van der Waals surface area contributed by atoms with Gasteiger partial charge in [0.25, 0.3) is 0 Å². The Labute approximate surface area is 180 Å². The van der Waals surface area contributed by atoms with Crippen LogP contribution in [0.1, 0.15) is 20.3 Å². The summed E-state index contributed by atoms with van der Waals surface area (Å²) in [5.41, 5.74) is 2.81. The highest BCUT2D eigenvalue weighted by Crippen LogP contribution is 2.31. The zero-order valence-electron chi connectivity index (χ0n) is 16.1. The second-order valence-corrected chi connectivity index (χ2v) is 8.06. The standard InChI is InChI=1S/C21H24Cl2N4S/c1-3-26(4-2)11-6-12-27-20(18-13-16(22)8-9-19(18)23)15-28-21(27)25-17-7-5-10-24-14-17/h5,7-10,13-15H,3-4,6,11-12H2,1-2H3. The van der Waals surface area contributed by atoms with E-state index in [1.807, 2.05) is 30.3 Å². The minimum atomic E-state index is 0.672. The first-order valence-electron chi connectivity index (χ1n) is 9.43. The second-order valence-electron chi connectivity index (χ2n) is 6.38. The number of thiazole rings is 1. The molecule has 0 unspecified atom stereocenters. The van der Waals surface area contributed by atoms with Crippen LogP contribution in [0.15, 0.2) is 53.1 Å². The third kappa shape index (κ3) is 5.23. The van der Waals surface area contributed by atoms with Crippen molar-refractivity contribution in [1.82, 2.24) is 14.5 Å². The summed E-state index contributed by atoms with van der Waals surface area (Å²) in [6.45, 7) is 8.42. The third-order valence-corrected chi connectivity index (χ3v) is 6.05. The zero-order chi connectivity index (χ0) is 19.9. The van der Waals surface area contributed by atoms with Gasteiger partial charge in [-0.2, -0.15) is 0 Å². The molecule has 0 amide bonds. The molecule has 3 aromatic rings. The van der Waals surface area contributed by atoms with Crippen molar-refractivity contribution < 1.29 is 0 Å². The molecule has 2 aromatic heterocycles. The van der Waals surface area contributed by atoms with Crippen LogP contribution in [-0.2, 0) is 6.54 Å². The molecule has 3 rings (SSSR count). The molecule has 0 atom stereocenters. The highest BCUT2D eigenvalue weighted by Gasteiger charge is 2.12.